The van der Waals surface area contributed by atoms with Gasteiger partial charge in [-0.2, -0.15) is 0 Å². The molecular weight excluding hydrogens is 379 g/mol. The largest absolute Gasteiger partial charge is 0.477 e. The van der Waals surface area contributed by atoms with E-state index in [4.69, 9.17) is 28.3 Å². The van der Waals surface area contributed by atoms with Crippen LogP contribution in [0, 0.1) is 0 Å². The number of carboxylic acid groups (broad SMARTS) is 1. The third kappa shape index (κ3) is 3.71. The van der Waals surface area contributed by atoms with E-state index in [0.717, 1.165) is 0 Å². The SMILES string of the molecule is O=C(NCc1cc(Cl)cc2cc(C(=O)O)c(=O)[nH]c12)c1cccc(Cl)c1. The van der Waals surface area contributed by atoms with E-state index in [-0.39, 0.29) is 18.0 Å². The van der Waals surface area contributed by atoms with E-state index in [1.165, 1.54) is 12.1 Å². The molecule has 0 aliphatic carbocycles. The van der Waals surface area contributed by atoms with E-state index in [0.29, 0.717) is 32.1 Å². The van der Waals surface area contributed by atoms with Crippen LogP contribution in [-0.4, -0.2) is 22.0 Å². The molecule has 0 unspecified atom stereocenters. The van der Waals surface area contributed by atoms with Crippen LogP contribution in [0.15, 0.2) is 47.3 Å². The van der Waals surface area contributed by atoms with Crippen LogP contribution in [0.3, 0.4) is 0 Å². The maximum absolute atomic E-state index is 12.2. The lowest BCUT2D eigenvalue weighted by atomic mass is 10.1. The van der Waals surface area contributed by atoms with E-state index in [9.17, 15) is 14.4 Å². The number of aromatic carboxylic acids is 1. The predicted octanol–water partition coefficient (Wildman–Crippen LogP) is 3.46. The lowest BCUT2D eigenvalue weighted by molar-refractivity contribution is 0.0695. The average molecular weight is 391 g/mol. The highest BCUT2D eigenvalue weighted by atomic mass is 35.5. The van der Waals surface area contributed by atoms with E-state index in [2.05, 4.69) is 10.3 Å². The first-order valence-corrected chi connectivity index (χ1v) is 8.23. The van der Waals surface area contributed by atoms with Crippen molar-refractivity contribution in [3.63, 3.8) is 0 Å². The number of hydrogen-bond acceptors (Lipinski definition) is 3. The van der Waals surface area contributed by atoms with Crippen LogP contribution < -0.4 is 10.9 Å². The number of carboxylic acids is 1. The molecule has 26 heavy (non-hydrogen) atoms. The molecule has 0 radical (unpaired) electrons. The zero-order chi connectivity index (χ0) is 18.8. The molecule has 1 amide bonds. The molecule has 6 nitrogen and oxygen atoms in total. The molecular formula is C18H12Cl2N2O4. The Bertz CT molecular complexity index is 1090. The van der Waals surface area contributed by atoms with Gasteiger partial charge in [-0.3, -0.25) is 9.59 Å². The molecule has 0 bridgehead atoms. The molecule has 0 aliphatic heterocycles. The van der Waals surface area contributed by atoms with Crippen molar-refractivity contribution in [1.29, 1.82) is 0 Å². The molecule has 0 aliphatic rings. The summed E-state index contributed by atoms with van der Waals surface area (Å²) in [5, 5.41) is 13.0. The monoisotopic (exact) mass is 390 g/mol. The third-order valence-electron chi connectivity index (χ3n) is 3.75. The maximum atomic E-state index is 12.2. The maximum Gasteiger partial charge on any atom is 0.341 e. The van der Waals surface area contributed by atoms with Crippen molar-refractivity contribution in [3.8, 4) is 0 Å². The minimum absolute atomic E-state index is 0.0881. The van der Waals surface area contributed by atoms with Crippen molar-refractivity contribution in [2.45, 2.75) is 6.54 Å². The van der Waals surface area contributed by atoms with E-state index >= 15 is 0 Å². The number of H-pyrrole nitrogens is 1. The normalized spacial score (nSPS) is 10.7. The number of aromatic nitrogens is 1. The summed E-state index contributed by atoms with van der Waals surface area (Å²) in [5.41, 5.74) is 0.252. The average Bonchev–Trinajstić information content (AvgIpc) is 2.59. The minimum Gasteiger partial charge on any atom is -0.477 e. The van der Waals surface area contributed by atoms with Crippen LogP contribution in [0.25, 0.3) is 10.9 Å². The Balaban J connectivity index is 1.95. The van der Waals surface area contributed by atoms with Crippen molar-refractivity contribution in [2.75, 3.05) is 0 Å². The first kappa shape index (κ1) is 18.0. The number of rotatable bonds is 4. The van der Waals surface area contributed by atoms with Crippen LogP contribution in [0.5, 0.6) is 0 Å². The summed E-state index contributed by atoms with van der Waals surface area (Å²) < 4.78 is 0. The Kier molecular flexibility index (Phi) is 4.97. The van der Waals surface area contributed by atoms with Crippen LogP contribution in [0.1, 0.15) is 26.3 Å². The van der Waals surface area contributed by atoms with Gasteiger partial charge in [-0.1, -0.05) is 29.3 Å². The Morgan fingerprint density at radius 2 is 1.85 bits per heavy atom. The van der Waals surface area contributed by atoms with Gasteiger partial charge in [0.25, 0.3) is 11.5 Å². The van der Waals surface area contributed by atoms with Gasteiger partial charge in [-0.25, -0.2) is 4.79 Å². The summed E-state index contributed by atoms with van der Waals surface area (Å²) in [5.74, 6) is -1.67. The van der Waals surface area contributed by atoms with Crippen molar-refractivity contribution < 1.29 is 14.7 Å². The summed E-state index contributed by atoms with van der Waals surface area (Å²) in [4.78, 5) is 37.8. The zero-order valence-corrected chi connectivity index (χ0v) is 14.7. The Labute approximate surface area is 157 Å². The lowest BCUT2D eigenvalue weighted by Crippen LogP contribution is -2.23. The zero-order valence-electron chi connectivity index (χ0n) is 13.2. The van der Waals surface area contributed by atoms with E-state index in [1.807, 2.05) is 0 Å². The minimum atomic E-state index is -1.33. The summed E-state index contributed by atoms with van der Waals surface area (Å²) >= 11 is 12.0. The smallest absolute Gasteiger partial charge is 0.341 e. The first-order valence-electron chi connectivity index (χ1n) is 7.47. The molecule has 3 aromatic rings. The second kappa shape index (κ2) is 7.19. The van der Waals surface area contributed by atoms with E-state index in [1.54, 1.807) is 30.3 Å². The number of fused-ring (bicyclic) bond motifs is 1. The van der Waals surface area contributed by atoms with Crippen molar-refractivity contribution >= 4 is 46.0 Å². The summed E-state index contributed by atoms with van der Waals surface area (Å²) in [7, 11) is 0. The fourth-order valence-electron chi connectivity index (χ4n) is 2.56. The van der Waals surface area contributed by atoms with Gasteiger partial charge in [-0.05, 0) is 42.0 Å². The predicted molar refractivity (Wildman–Crippen MR) is 99.2 cm³/mol. The number of halogens is 2. The number of aromatic amines is 1. The molecule has 132 valence electrons. The van der Waals surface area contributed by atoms with Crippen LogP contribution in [0.4, 0.5) is 0 Å². The van der Waals surface area contributed by atoms with Crippen LogP contribution >= 0.6 is 23.2 Å². The molecule has 1 aromatic heterocycles. The molecule has 0 spiro atoms. The highest BCUT2D eigenvalue weighted by Gasteiger charge is 2.14. The number of hydrogen-bond donors (Lipinski definition) is 3. The molecule has 3 rings (SSSR count). The number of carbonyl (C=O) groups is 2. The first-order chi connectivity index (χ1) is 12.3. The quantitative estimate of drug-likeness (QED) is 0.634. The molecule has 2 aromatic carbocycles. The Morgan fingerprint density at radius 1 is 1.08 bits per heavy atom. The van der Waals surface area contributed by atoms with Gasteiger partial charge in [0.2, 0.25) is 0 Å². The fraction of sp³-hybridized carbons (Fsp3) is 0.0556. The highest BCUT2D eigenvalue weighted by molar-refractivity contribution is 6.31. The van der Waals surface area contributed by atoms with Gasteiger partial charge >= 0.3 is 5.97 Å². The molecule has 1 heterocycles. The molecule has 8 heteroatoms. The second-order valence-electron chi connectivity index (χ2n) is 5.54. The van der Waals surface area contributed by atoms with Crippen LogP contribution in [-0.2, 0) is 6.54 Å². The third-order valence-corrected chi connectivity index (χ3v) is 4.21. The number of pyridine rings is 1. The topological polar surface area (TPSA) is 99.3 Å². The van der Waals surface area contributed by atoms with Gasteiger partial charge in [0.05, 0.1) is 5.52 Å². The summed E-state index contributed by atoms with van der Waals surface area (Å²) in [6.07, 6.45) is 0. The second-order valence-corrected chi connectivity index (χ2v) is 6.41. The van der Waals surface area contributed by atoms with E-state index < -0.39 is 11.5 Å². The van der Waals surface area contributed by atoms with Gasteiger partial charge in [-0.15, -0.1) is 0 Å². The molecule has 0 fully saturated rings. The summed E-state index contributed by atoms with van der Waals surface area (Å²) in [6, 6.07) is 10.9. The molecule has 0 saturated heterocycles. The van der Waals surface area contributed by atoms with Crippen LogP contribution in [0.2, 0.25) is 10.0 Å². The van der Waals surface area contributed by atoms with Crippen molar-refractivity contribution in [3.05, 3.63) is 79.6 Å². The standard InChI is InChI=1S/C18H12Cl2N2O4/c19-12-3-1-2-9(4-12)16(23)21-8-11-6-13(20)5-10-7-14(18(25)26)17(24)22-15(10)11/h1-7H,8H2,(H,21,23)(H,22,24)(H,25,26). The fourth-order valence-corrected chi connectivity index (χ4v) is 3.00. The Hall–Kier alpha value is -2.83. The molecule has 0 atom stereocenters. The molecule has 3 N–H and O–H groups in total. The summed E-state index contributed by atoms with van der Waals surface area (Å²) in [6.45, 7) is 0.0881. The van der Waals surface area contributed by atoms with Gasteiger partial charge in [0.1, 0.15) is 5.56 Å². The van der Waals surface area contributed by atoms with Crippen molar-refractivity contribution in [1.82, 2.24) is 10.3 Å². The van der Waals surface area contributed by atoms with Gasteiger partial charge in [0, 0.05) is 27.5 Å². The number of benzene rings is 2. The molecule has 0 saturated carbocycles. The highest BCUT2D eigenvalue weighted by Crippen LogP contribution is 2.22. The van der Waals surface area contributed by atoms with Crippen molar-refractivity contribution in [2.24, 2.45) is 0 Å². The number of amides is 1. The Morgan fingerprint density at radius 3 is 2.54 bits per heavy atom. The number of nitrogens with one attached hydrogen (secondary N) is 2. The lowest BCUT2D eigenvalue weighted by Gasteiger charge is -2.10. The van der Waals surface area contributed by atoms with Gasteiger partial charge < -0.3 is 15.4 Å². The van der Waals surface area contributed by atoms with Gasteiger partial charge in [0.15, 0.2) is 0 Å². The number of carbonyl (C=O) groups excluding carboxylic acids is 1.